The lowest BCUT2D eigenvalue weighted by atomic mass is 10.1. The van der Waals surface area contributed by atoms with Crippen LogP contribution in [0.2, 0.25) is 5.02 Å². The molecule has 3 rings (SSSR count). The van der Waals surface area contributed by atoms with Crippen molar-refractivity contribution in [1.82, 2.24) is 10.2 Å². The van der Waals surface area contributed by atoms with E-state index in [0.29, 0.717) is 5.89 Å². The summed E-state index contributed by atoms with van der Waals surface area (Å²) in [7, 11) is 0. The third kappa shape index (κ3) is 4.85. The molecule has 0 bridgehead atoms. The highest BCUT2D eigenvalue weighted by molar-refractivity contribution is 6.30. The third-order valence-electron chi connectivity index (χ3n) is 3.61. The topological polar surface area (TPSA) is 68.0 Å². The number of aromatic nitrogens is 2. The van der Waals surface area contributed by atoms with Gasteiger partial charge in [0.1, 0.15) is 0 Å². The number of benzene rings is 2. The molecule has 0 fully saturated rings. The van der Waals surface area contributed by atoms with Gasteiger partial charge in [-0.05, 0) is 30.3 Å². The second-order valence-electron chi connectivity index (χ2n) is 5.60. The van der Waals surface area contributed by atoms with Gasteiger partial charge in [0.05, 0.1) is 11.3 Å². The van der Waals surface area contributed by atoms with Crippen LogP contribution < -0.4 is 5.32 Å². The Bertz CT molecular complexity index is 943. The van der Waals surface area contributed by atoms with Crippen molar-refractivity contribution in [3.05, 3.63) is 65.0 Å². The first-order chi connectivity index (χ1) is 12.8. The molecule has 1 amide bonds. The van der Waals surface area contributed by atoms with Gasteiger partial charge in [-0.3, -0.25) is 4.79 Å². The van der Waals surface area contributed by atoms with Crippen molar-refractivity contribution in [2.24, 2.45) is 0 Å². The molecular formula is C18H13ClF3N3O2. The van der Waals surface area contributed by atoms with Crippen LogP contribution >= 0.6 is 11.6 Å². The molecule has 5 nitrogen and oxygen atoms in total. The normalized spacial score (nSPS) is 11.4. The number of anilines is 1. The fourth-order valence-corrected chi connectivity index (χ4v) is 2.52. The maximum atomic E-state index is 13.1. The summed E-state index contributed by atoms with van der Waals surface area (Å²) in [5.74, 6) is -0.0819. The van der Waals surface area contributed by atoms with Gasteiger partial charge in [0.15, 0.2) is 0 Å². The zero-order chi connectivity index (χ0) is 19.4. The van der Waals surface area contributed by atoms with Gasteiger partial charge in [0, 0.05) is 23.4 Å². The van der Waals surface area contributed by atoms with Crippen molar-refractivity contribution in [2.75, 3.05) is 5.32 Å². The molecule has 1 N–H and O–H groups in total. The lowest BCUT2D eigenvalue weighted by Crippen LogP contribution is -2.17. The van der Waals surface area contributed by atoms with Crippen LogP contribution in [-0.2, 0) is 17.4 Å². The predicted octanol–water partition coefficient (Wildman–Crippen LogP) is 4.98. The number of hydrogen-bond acceptors (Lipinski definition) is 4. The molecule has 1 aromatic heterocycles. The number of nitrogens with zero attached hydrogens (tertiary/aromatic N) is 2. The van der Waals surface area contributed by atoms with Crippen molar-refractivity contribution in [3.63, 3.8) is 0 Å². The molecule has 9 heteroatoms. The molecule has 1 heterocycles. The van der Waals surface area contributed by atoms with Gasteiger partial charge < -0.3 is 9.73 Å². The Morgan fingerprint density at radius 1 is 1.11 bits per heavy atom. The van der Waals surface area contributed by atoms with E-state index in [9.17, 15) is 18.0 Å². The number of amides is 1. The average Bonchev–Trinajstić information content (AvgIpc) is 3.10. The van der Waals surface area contributed by atoms with E-state index in [1.54, 1.807) is 12.1 Å². The molecule has 0 saturated heterocycles. The first kappa shape index (κ1) is 18.9. The van der Waals surface area contributed by atoms with Crippen molar-refractivity contribution >= 4 is 23.2 Å². The smallest absolute Gasteiger partial charge is 0.418 e. The molecule has 0 unspecified atom stereocenters. The fraction of sp³-hybridized carbons (Fsp3) is 0.167. The summed E-state index contributed by atoms with van der Waals surface area (Å²) in [6, 6.07) is 12.2. The number of hydrogen-bond donors (Lipinski definition) is 1. The Morgan fingerprint density at radius 3 is 2.56 bits per heavy atom. The zero-order valence-electron chi connectivity index (χ0n) is 13.8. The minimum atomic E-state index is -4.63. The summed E-state index contributed by atoms with van der Waals surface area (Å²) in [4.78, 5) is 12.0. The number of halogens is 4. The second kappa shape index (κ2) is 7.79. The van der Waals surface area contributed by atoms with E-state index in [1.807, 2.05) is 18.2 Å². The van der Waals surface area contributed by atoms with Crippen LogP contribution in [0.3, 0.4) is 0 Å². The number of nitrogens with one attached hydrogen (secondary N) is 1. The third-order valence-corrected chi connectivity index (χ3v) is 3.85. The minimum absolute atomic E-state index is 0.0698. The lowest BCUT2D eigenvalue weighted by molar-refractivity contribution is -0.137. The summed E-state index contributed by atoms with van der Waals surface area (Å²) >= 11 is 5.61. The van der Waals surface area contributed by atoms with E-state index < -0.39 is 17.6 Å². The summed E-state index contributed by atoms with van der Waals surface area (Å²) in [6.45, 7) is 0. The maximum Gasteiger partial charge on any atom is 0.418 e. The lowest BCUT2D eigenvalue weighted by Gasteiger charge is -2.14. The Labute approximate surface area is 157 Å². The molecule has 0 spiro atoms. The summed E-state index contributed by atoms with van der Waals surface area (Å²) < 4.78 is 44.6. The van der Waals surface area contributed by atoms with Gasteiger partial charge in [-0.1, -0.05) is 29.8 Å². The fourth-order valence-electron chi connectivity index (χ4n) is 2.35. The van der Waals surface area contributed by atoms with E-state index >= 15 is 0 Å². The van der Waals surface area contributed by atoms with Crippen molar-refractivity contribution < 1.29 is 22.4 Å². The van der Waals surface area contributed by atoms with Gasteiger partial charge in [-0.2, -0.15) is 13.2 Å². The number of rotatable bonds is 5. The highest BCUT2D eigenvalue weighted by atomic mass is 35.5. The summed E-state index contributed by atoms with van der Waals surface area (Å²) in [5, 5.41) is 9.91. The van der Waals surface area contributed by atoms with Crippen LogP contribution in [0, 0.1) is 0 Å². The quantitative estimate of drug-likeness (QED) is 0.661. The highest BCUT2D eigenvalue weighted by Crippen LogP contribution is 2.36. The minimum Gasteiger partial charge on any atom is -0.421 e. The molecule has 0 aliphatic carbocycles. The summed E-state index contributed by atoms with van der Waals surface area (Å²) in [6.07, 6.45) is -4.65. The molecule has 140 valence electrons. The van der Waals surface area contributed by atoms with Crippen LogP contribution in [0.1, 0.15) is 17.9 Å². The zero-order valence-corrected chi connectivity index (χ0v) is 14.5. The molecule has 0 atom stereocenters. The van der Waals surface area contributed by atoms with Crippen LogP contribution in [0.5, 0.6) is 0 Å². The number of carbonyl (C=O) groups excluding carboxylic acids is 1. The highest BCUT2D eigenvalue weighted by Gasteiger charge is 2.34. The molecule has 0 radical (unpaired) electrons. The molecule has 3 aromatic rings. The van der Waals surface area contributed by atoms with Gasteiger partial charge in [0.2, 0.25) is 17.7 Å². The van der Waals surface area contributed by atoms with Crippen molar-refractivity contribution in [3.8, 4) is 11.5 Å². The number of aryl methyl sites for hydroxylation is 1. The second-order valence-corrected chi connectivity index (χ2v) is 6.04. The molecular weight excluding hydrogens is 383 g/mol. The van der Waals surface area contributed by atoms with Crippen molar-refractivity contribution in [2.45, 2.75) is 19.0 Å². The first-order valence-electron chi connectivity index (χ1n) is 7.87. The monoisotopic (exact) mass is 395 g/mol. The van der Waals surface area contributed by atoms with Gasteiger partial charge in [0.25, 0.3) is 0 Å². The molecule has 2 aromatic carbocycles. The van der Waals surface area contributed by atoms with Crippen LogP contribution in [-0.4, -0.2) is 16.1 Å². The van der Waals surface area contributed by atoms with E-state index in [2.05, 4.69) is 15.5 Å². The number of alkyl halides is 3. The van der Waals surface area contributed by atoms with Crippen LogP contribution in [0.4, 0.5) is 18.9 Å². The Kier molecular flexibility index (Phi) is 5.46. The SMILES string of the molecule is O=C(CCc1nnc(-c2ccccc2)o1)Nc1ccc(Cl)cc1C(F)(F)F. The standard InChI is InChI=1S/C18H13ClF3N3O2/c19-12-6-7-14(13(10-12)18(20,21)22)23-15(26)8-9-16-24-25-17(27-16)11-4-2-1-3-5-11/h1-7,10H,8-9H2,(H,23,26). The maximum absolute atomic E-state index is 13.1. The van der Waals surface area contributed by atoms with Crippen molar-refractivity contribution in [1.29, 1.82) is 0 Å². The van der Waals surface area contributed by atoms with E-state index in [0.717, 1.165) is 17.7 Å². The van der Waals surface area contributed by atoms with Crippen LogP contribution in [0.25, 0.3) is 11.5 Å². The Hall–Kier alpha value is -2.87. The van der Waals surface area contributed by atoms with E-state index in [-0.39, 0.29) is 29.4 Å². The van der Waals surface area contributed by atoms with Gasteiger partial charge in [-0.15, -0.1) is 10.2 Å². The van der Waals surface area contributed by atoms with Crippen LogP contribution in [0.15, 0.2) is 52.9 Å². The predicted molar refractivity (Wildman–Crippen MR) is 93.1 cm³/mol. The van der Waals surface area contributed by atoms with E-state index in [1.165, 1.54) is 6.07 Å². The van der Waals surface area contributed by atoms with Gasteiger partial charge in [-0.25, -0.2) is 0 Å². The number of carbonyl (C=O) groups is 1. The molecule has 0 saturated carbocycles. The molecule has 0 aliphatic rings. The first-order valence-corrected chi connectivity index (χ1v) is 8.25. The van der Waals surface area contributed by atoms with Gasteiger partial charge >= 0.3 is 6.18 Å². The molecule has 27 heavy (non-hydrogen) atoms. The Balaban J connectivity index is 1.64. The largest absolute Gasteiger partial charge is 0.421 e. The molecule has 0 aliphatic heterocycles. The van der Waals surface area contributed by atoms with E-state index in [4.69, 9.17) is 16.0 Å². The summed E-state index contributed by atoms with van der Waals surface area (Å²) in [5.41, 5.74) is -0.628. The average molecular weight is 396 g/mol. The Morgan fingerprint density at radius 2 is 1.85 bits per heavy atom.